The van der Waals surface area contributed by atoms with Crippen LogP contribution >= 0.6 is 11.8 Å². The highest BCUT2D eigenvalue weighted by molar-refractivity contribution is 7.99. The summed E-state index contributed by atoms with van der Waals surface area (Å²) in [4.78, 5) is 23.4. The molecule has 2 aromatic rings. The number of carbonyl (C=O) groups excluding carboxylic acids is 1. The summed E-state index contributed by atoms with van der Waals surface area (Å²) in [5.41, 5.74) is 2.91. The molecule has 0 bridgehead atoms. The summed E-state index contributed by atoms with van der Waals surface area (Å²) < 4.78 is 0. The fourth-order valence-corrected chi connectivity index (χ4v) is 2.48. The lowest BCUT2D eigenvalue weighted by Gasteiger charge is -2.01. The molecule has 0 saturated heterocycles. The molecule has 2 aromatic heterocycles. The second kappa shape index (κ2) is 6.47. The van der Waals surface area contributed by atoms with Crippen molar-refractivity contribution in [3.63, 3.8) is 0 Å². The molecular formula is C14H17N4OS+. The lowest BCUT2D eigenvalue weighted by Crippen LogP contribution is -2.20. The molecule has 0 aromatic carbocycles. The number of anilines is 1. The van der Waals surface area contributed by atoms with Crippen LogP contribution in [0.2, 0.25) is 0 Å². The van der Waals surface area contributed by atoms with E-state index >= 15 is 0 Å². The maximum Gasteiger partial charge on any atom is 0.317 e. The molecule has 2 rings (SSSR count). The minimum Gasteiger partial charge on any atom is -0.247 e. The minimum absolute atomic E-state index is 0.0837. The van der Waals surface area contributed by atoms with E-state index in [-0.39, 0.29) is 11.7 Å². The molecule has 0 spiro atoms. The van der Waals surface area contributed by atoms with Gasteiger partial charge in [0.1, 0.15) is 5.75 Å². The molecule has 2 heterocycles. The van der Waals surface area contributed by atoms with Crippen molar-refractivity contribution in [2.75, 3.05) is 11.1 Å². The van der Waals surface area contributed by atoms with Gasteiger partial charge in [0.25, 0.3) is 5.82 Å². The Bertz CT molecular complexity index is 610. The molecule has 0 unspecified atom stereocenters. The van der Waals surface area contributed by atoms with Crippen LogP contribution < -0.4 is 10.3 Å². The van der Waals surface area contributed by atoms with E-state index in [2.05, 4.69) is 20.3 Å². The molecule has 20 heavy (non-hydrogen) atoms. The standard InChI is InChI=1S/C14H16N4OS/c1-9-4-5-15-12(6-9)18-13(19)8-20-14-16-10(2)7-11(3)17-14/h4-7H,8H2,1-3H3,(H,15,18,19)/p+1. The quantitative estimate of drug-likeness (QED) is 0.690. The molecule has 0 aliphatic rings. The van der Waals surface area contributed by atoms with E-state index in [1.54, 1.807) is 6.20 Å². The van der Waals surface area contributed by atoms with Gasteiger partial charge >= 0.3 is 5.91 Å². The van der Waals surface area contributed by atoms with Crippen molar-refractivity contribution in [3.8, 4) is 0 Å². The number of carbonyl (C=O) groups is 1. The zero-order valence-corrected chi connectivity index (χ0v) is 12.5. The number of thioether (sulfide) groups is 1. The predicted octanol–water partition coefficient (Wildman–Crippen LogP) is 1.95. The number of aromatic amines is 1. The van der Waals surface area contributed by atoms with Gasteiger partial charge in [-0.25, -0.2) is 25.1 Å². The Balaban J connectivity index is 1.92. The Morgan fingerprint density at radius 2 is 1.95 bits per heavy atom. The first-order valence-corrected chi connectivity index (χ1v) is 7.25. The van der Waals surface area contributed by atoms with Crippen LogP contribution in [0.25, 0.3) is 0 Å². The maximum atomic E-state index is 11.9. The zero-order chi connectivity index (χ0) is 14.5. The summed E-state index contributed by atoms with van der Waals surface area (Å²) in [7, 11) is 0. The largest absolute Gasteiger partial charge is 0.317 e. The topological polar surface area (TPSA) is 69.0 Å². The summed E-state index contributed by atoms with van der Waals surface area (Å²) in [5.74, 6) is 0.890. The van der Waals surface area contributed by atoms with Crippen molar-refractivity contribution in [3.05, 3.63) is 41.3 Å². The van der Waals surface area contributed by atoms with Crippen LogP contribution in [0.3, 0.4) is 0 Å². The highest BCUT2D eigenvalue weighted by atomic mass is 32.2. The van der Waals surface area contributed by atoms with Gasteiger partial charge in [0, 0.05) is 17.5 Å². The third-order valence-corrected chi connectivity index (χ3v) is 3.37. The molecule has 1 amide bonds. The summed E-state index contributed by atoms with van der Waals surface area (Å²) in [6.45, 7) is 5.81. The third-order valence-electron chi connectivity index (χ3n) is 2.53. The lowest BCUT2D eigenvalue weighted by molar-refractivity contribution is -0.360. The monoisotopic (exact) mass is 289 g/mol. The molecular weight excluding hydrogens is 272 g/mol. The number of pyridine rings is 1. The number of amides is 1. The van der Waals surface area contributed by atoms with Gasteiger partial charge in [-0.3, -0.25) is 0 Å². The zero-order valence-electron chi connectivity index (χ0n) is 11.7. The first-order valence-electron chi connectivity index (χ1n) is 6.26. The fourth-order valence-electron chi connectivity index (χ4n) is 1.73. The van der Waals surface area contributed by atoms with Gasteiger partial charge < -0.3 is 0 Å². The Kier molecular flexibility index (Phi) is 4.68. The number of nitrogens with one attached hydrogen (secondary N) is 2. The van der Waals surface area contributed by atoms with E-state index in [0.717, 1.165) is 17.0 Å². The Labute approximate surface area is 122 Å². The molecule has 2 N–H and O–H groups in total. The Morgan fingerprint density at radius 3 is 2.60 bits per heavy atom. The van der Waals surface area contributed by atoms with Gasteiger partial charge in [0.2, 0.25) is 0 Å². The maximum absolute atomic E-state index is 11.9. The summed E-state index contributed by atoms with van der Waals surface area (Å²) in [6.07, 6.45) is 1.80. The fraction of sp³-hybridized carbons (Fsp3) is 0.286. The average molecular weight is 289 g/mol. The van der Waals surface area contributed by atoms with Crippen molar-refractivity contribution in [1.29, 1.82) is 0 Å². The number of H-pyrrole nitrogens is 1. The molecule has 5 nitrogen and oxygen atoms in total. The normalized spacial score (nSPS) is 10.3. The van der Waals surface area contributed by atoms with Gasteiger partial charge in [0.15, 0.2) is 5.16 Å². The highest BCUT2D eigenvalue weighted by Gasteiger charge is 2.12. The van der Waals surface area contributed by atoms with Gasteiger partial charge in [-0.2, -0.15) is 0 Å². The van der Waals surface area contributed by atoms with Crippen LogP contribution in [0.15, 0.2) is 29.6 Å². The molecule has 104 valence electrons. The number of aromatic nitrogens is 3. The van der Waals surface area contributed by atoms with Gasteiger partial charge in [-0.05, 0) is 38.5 Å². The summed E-state index contributed by atoms with van der Waals surface area (Å²) >= 11 is 1.33. The second-order valence-corrected chi connectivity index (χ2v) is 5.49. The molecule has 0 radical (unpaired) electrons. The van der Waals surface area contributed by atoms with E-state index in [9.17, 15) is 4.79 Å². The summed E-state index contributed by atoms with van der Waals surface area (Å²) in [6, 6.07) is 5.73. The molecule has 0 saturated carbocycles. The Hall–Kier alpha value is -1.95. The van der Waals surface area contributed by atoms with Crippen LogP contribution in [0.4, 0.5) is 5.82 Å². The van der Waals surface area contributed by atoms with Crippen molar-refractivity contribution < 1.29 is 9.78 Å². The van der Waals surface area contributed by atoms with Crippen molar-refractivity contribution in [2.24, 2.45) is 0 Å². The van der Waals surface area contributed by atoms with E-state index in [0.29, 0.717) is 11.0 Å². The van der Waals surface area contributed by atoms with Gasteiger partial charge in [-0.15, -0.1) is 0 Å². The van der Waals surface area contributed by atoms with Crippen LogP contribution in [0, 0.1) is 20.8 Å². The number of hydrogen-bond donors (Lipinski definition) is 1. The van der Waals surface area contributed by atoms with E-state index in [4.69, 9.17) is 0 Å². The van der Waals surface area contributed by atoms with Gasteiger partial charge in [-0.1, -0.05) is 11.8 Å². The lowest BCUT2D eigenvalue weighted by atomic mass is 10.3. The molecule has 0 aliphatic heterocycles. The number of aryl methyl sites for hydroxylation is 3. The first-order chi connectivity index (χ1) is 9.52. The molecule has 0 aliphatic carbocycles. The average Bonchev–Trinajstić information content (AvgIpc) is 2.35. The van der Waals surface area contributed by atoms with E-state index in [1.807, 2.05) is 39.0 Å². The smallest absolute Gasteiger partial charge is 0.247 e. The van der Waals surface area contributed by atoms with Crippen LogP contribution in [0.5, 0.6) is 0 Å². The van der Waals surface area contributed by atoms with Crippen molar-refractivity contribution >= 4 is 23.5 Å². The number of nitrogens with zero attached hydrogens (tertiary/aromatic N) is 2. The first kappa shape index (κ1) is 14.5. The summed E-state index contributed by atoms with van der Waals surface area (Å²) in [5, 5.41) is 3.44. The van der Waals surface area contributed by atoms with Crippen molar-refractivity contribution in [2.45, 2.75) is 25.9 Å². The van der Waals surface area contributed by atoms with E-state index < -0.39 is 0 Å². The minimum atomic E-state index is -0.0837. The third kappa shape index (κ3) is 4.31. The van der Waals surface area contributed by atoms with Crippen LogP contribution in [-0.4, -0.2) is 21.6 Å². The molecule has 0 atom stereocenters. The molecule has 6 heteroatoms. The predicted molar refractivity (Wildman–Crippen MR) is 78.6 cm³/mol. The van der Waals surface area contributed by atoms with E-state index in [1.165, 1.54) is 11.8 Å². The SMILES string of the molecule is Cc1cc[nH+]c(NC(=O)CSc2nc(C)cc(C)n2)c1. The van der Waals surface area contributed by atoms with Gasteiger partial charge in [0.05, 0.1) is 6.20 Å². The van der Waals surface area contributed by atoms with Crippen LogP contribution in [-0.2, 0) is 4.79 Å². The van der Waals surface area contributed by atoms with Crippen molar-refractivity contribution in [1.82, 2.24) is 9.97 Å². The van der Waals surface area contributed by atoms with Crippen LogP contribution in [0.1, 0.15) is 17.0 Å². The number of hydrogen-bond acceptors (Lipinski definition) is 4. The Morgan fingerprint density at radius 1 is 1.25 bits per heavy atom. The second-order valence-electron chi connectivity index (χ2n) is 4.55. The highest BCUT2D eigenvalue weighted by Crippen LogP contribution is 2.14. The number of rotatable bonds is 4. The molecule has 0 fully saturated rings.